The number of hydrogen-bond donors (Lipinski definition) is 1. The second kappa shape index (κ2) is 7.24. The van der Waals surface area contributed by atoms with Crippen molar-refractivity contribution in [2.24, 2.45) is 5.92 Å². The van der Waals surface area contributed by atoms with Gasteiger partial charge in [-0.2, -0.15) is 0 Å². The van der Waals surface area contributed by atoms with Crippen molar-refractivity contribution in [1.29, 1.82) is 0 Å². The lowest BCUT2D eigenvalue weighted by atomic mass is 9.83. The molecule has 1 N–H and O–H groups in total. The second-order valence-corrected chi connectivity index (χ2v) is 6.50. The smallest absolute Gasteiger partial charge is 0.0480 e. The maximum Gasteiger partial charge on any atom is 0.0480 e. The van der Waals surface area contributed by atoms with Crippen molar-refractivity contribution in [3.05, 3.63) is 35.4 Å². The zero-order chi connectivity index (χ0) is 14.5. The lowest BCUT2D eigenvalue weighted by Crippen LogP contribution is -2.46. The summed E-state index contributed by atoms with van der Waals surface area (Å²) in [4.78, 5) is 2.57. The van der Waals surface area contributed by atoms with Crippen LogP contribution in [0.3, 0.4) is 0 Å². The summed E-state index contributed by atoms with van der Waals surface area (Å²) in [6, 6.07) is 10.1. The minimum Gasteiger partial charge on any atom is -0.309 e. The molecule has 112 valence electrons. The summed E-state index contributed by atoms with van der Waals surface area (Å²) in [7, 11) is 2.30. The fourth-order valence-corrected chi connectivity index (χ4v) is 3.31. The van der Waals surface area contributed by atoms with E-state index in [-0.39, 0.29) is 0 Å². The Morgan fingerprint density at radius 3 is 2.75 bits per heavy atom. The Bertz CT molecular complexity index is 414. The molecule has 1 aliphatic carbocycles. The summed E-state index contributed by atoms with van der Waals surface area (Å²) in [5.74, 6) is 0.783. The molecule has 2 unspecified atom stereocenters. The molecule has 0 fully saturated rings. The topological polar surface area (TPSA) is 15.3 Å². The van der Waals surface area contributed by atoms with Crippen LogP contribution in [0.5, 0.6) is 0 Å². The average Bonchev–Trinajstić information content (AvgIpc) is 2.45. The third kappa shape index (κ3) is 3.62. The van der Waals surface area contributed by atoms with E-state index in [1.807, 2.05) is 0 Å². The maximum atomic E-state index is 3.72. The third-order valence-corrected chi connectivity index (χ3v) is 4.53. The molecule has 0 aliphatic heterocycles. The Morgan fingerprint density at radius 2 is 2.05 bits per heavy atom. The van der Waals surface area contributed by atoms with Crippen LogP contribution in [0.25, 0.3) is 0 Å². The van der Waals surface area contributed by atoms with Gasteiger partial charge in [0.15, 0.2) is 0 Å². The van der Waals surface area contributed by atoms with Crippen LogP contribution in [0.1, 0.15) is 50.8 Å². The zero-order valence-corrected chi connectivity index (χ0v) is 13.5. The van der Waals surface area contributed by atoms with Crippen LogP contribution in [-0.4, -0.2) is 31.1 Å². The zero-order valence-electron chi connectivity index (χ0n) is 13.5. The van der Waals surface area contributed by atoms with Crippen molar-refractivity contribution in [3.8, 4) is 0 Å². The summed E-state index contributed by atoms with van der Waals surface area (Å²) in [5, 5.41) is 3.72. The van der Waals surface area contributed by atoms with Crippen LogP contribution < -0.4 is 5.32 Å². The van der Waals surface area contributed by atoms with Gasteiger partial charge in [0, 0.05) is 12.1 Å². The van der Waals surface area contributed by atoms with E-state index in [9.17, 15) is 0 Å². The van der Waals surface area contributed by atoms with Gasteiger partial charge in [-0.1, -0.05) is 45.0 Å². The molecule has 0 aromatic heterocycles. The Labute approximate surface area is 124 Å². The molecule has 1 aromatic rings. The summed E-state index contributed by atoms with van der Waals surface area (Å²) in [6.07, 6.45) is 3.77. The Balaban J connectivity index is 2.13. The number of fused-ring (bicyclic) bond motifs is 1. The van der Waals surface area contributed by atoms with E-state index in [1.165, 1.54) is 36.9 Å². The Morgan fingerprint density at radius 1 is 1.30 bits per heavy atom. The lowest BCUT2D eigenvalue weighted by molar-refractivity contribution is 0.166. The molecule has 0 amide bonds. The van der Waals surface area contributed by atoms with Crippen molar-refractivity contribution < 1.29 is 0 Å². The van der Waals surface area contributed by atoms with Gasteiger partial charge in [0.2, 0.25) is 0 Å². The summed E-state index contributed by atoms with van der Waals surface area (Å²) >= 11 is 0. The highest BCUT2D eigenvalue weighted by molar-refractivity contribution is 5.34. The van der Waals surface area contributed by atoms with Crippen LogP contribution in [0, 0.1) is 5.92 Å². The predicted molar refractivity (Wildman–Crippen MR) is 87.1 cm³/mol. The van der Waals surface area contributed by atoms with E-state index in [1.54, 1.807) is 0 Å². The number of nitrogens with one attached hydrogen (secondary N) is 1. The highest BCUT2D eigenvalue weighted by Gasteiger charge is 2.31. The van der Waals surface area contributed by atoms with Crippen LogP contribution in [-0.2, 0) is 6.42 Å². The van der Waals surface area contributed by atoms with E-state index in [4.69, 9.17) is 0 Å². The molecular formula is C18H30N2. The van der Waals surface area contributed by atoms with Gasteiger partial charge < -0.3 is 10.2 Å². The molecule has 20 heavy (non-hydrogen) atoms. The van der Waals surface area contributed by atoms with Crippen molar-refractivity contribution in [2.75, 3.05) is 20.1 Å². The van der Waals surface area contributed by atoms with Gasteiger partial charge >= 0.3 is 0 Å². The number of nitrogens with zero attached hydrogens (tertiary/aromatic N) is 1. The molecule has 1 aromatic carbocycles. The lowest BCUT2D eigenvalue weighted by Gasteiger charge is -2.40. The van der Waals surface area contributed by atoms with E-state index in [0.717, 1.165) is 12.5 Å². The SMILES string of the molecule is CCNC1c2ccccc2CCC1N(C)CCC(C)C. The molecule has 0 saturated carbocycles. The fraction of sp³-hybridized carbons (Fsp3) is 0.667. The molecule has 0 heterocycles. The van der Waals surface area contributed by atoms with Gasteiger partial charge in [-0.3, -0.25) is 0 Å². The number of aryl methyl sites for hydroxylation is 1. The molecule has 2 atom stereocenters. The molecule has 0 bridgehead atoms. The number of likely N-dealkylation sites (N-methyl/N-ethyl adjacent to an activating group) is 2. The standard InChI is InChI=1S/C18H30N2/c1-5-19-18-16-9-7-6-8-15(16)10-11-17(18)20(4)13-12-14(2)3/h6-9,14,17-19H,5,10-13H2,1-4H3. The molecule has 1 aliphatic rings. The number of rotatable bonds is 6. The minimum absolute atomic E-state index is 0.488. The molecule has 2 rings (SSSR count). The van der Waals surface area contributed by atoms with Gasteiger partial charge in [0.25, 0.3) is 0 Å². The average molecular weight is 274 g/mol. The molecule has 0 spiro atoms. The quantitative estimate of drug-likeness (QED) is 0.852. The van der Waals surface area contributed by atoms with Gasteiger partial charge in [-0.15, -0.1) is 0 Å². The fourth-order valence-electron chi connectivity index (χ4n) is 3.31. The second-order valence-electron chi connectivity index (χ2n) is 6.50. The van der Waals surface area contributed by atoms with E-state index in [2.05, 4.69) is 62.3 Å². The molecule has 0 saturated heterocycles. The summed E-state index contributed by atoms with van der Waals surface area (Å²) < 4.78 is 0. The highest BCUT2D eigenvalue weighted by Crippen LogP contribution is 2.32. The third-order valence-electron chi connectivity index (χ3n) is 4.53. The summed E-state index contributed by atoms with van der Waals surface area (Å²) in [6.45, 7) is 9.07. The predicted octanol–water partition coefficient (Wildman–Crippen LogP) is 3.63. The van der Waals surface area contributed by atoms with Crippen molar-refractivity contribution in [3.63, 3.8) is 0 Å². The normalized spacial score (nSPS) is 22.3. The minimum atomic E-state index is 0.488. The summed E-state index contributed by atoms with van der Waals surface area (Å²) in [5.41, 5.74) is 3.05. The number of hydrogen-bond acceptors (Lipinski definition) is 2. The first-order valence-electron chi connectivity index (χ1n) is 8.15. The molecular weight excluding hydrogens is 244 g/mol. The Hall–Kier alpha value is -0.860. The van der Waals surface area contributed by atoms with Crippen LogP contribution in [0.15, 0.2) is 24.3 Å². The van der Waals surface area contributed by atoms with Gasteiger partial charge in [-0.05, 0) is 56.4 Å². The van der Waals surface area contributed by atoms with E-state index >= 15 is 0 Å². The van der Waals surface area contributed by atoms with Crippen molar-refractivity contribution in [1.82, 2.24) is 10.2 Å². The van der Waals surface area contributed by atoms with Crippen LogP contribution in [0.4, 0.5) is 0 Å². The van der Waals surface area contributed by atoms with Crippen LogP contribution >= 0.6 is 0 Å². The van der Waals surface area contributed by atoms with E-state index in [0.29, 0.717) is 12.1 Å². The van der Waals surface area contributed by atoms with Gasteiger partial charge in [0.1, 0.15) is 0 Å². The van der Waals surface area contributed by atoms with Crippen molar-refractivity contribution >= 4 is 0 Å². The first kappa shape index (κ1) is 15.5. The highest BCUT2D eigenvalue weighted by atomic mass is 15.2. The van der Waals surface area contributed by atoms with E-state index < -0.39 is 0 Å². The Kier molecular flexibility index (Phi) is 5.62. The van der Waals surface area contributed by atoms with Gasteiger partial charge in [0.05, 0.1) is 0 Å². The van der Waals surface area contributed by atoms with Crippen LogP contribution in [0.2, 0.25) is 0 Å². The van der Waals surface area contributed by atoms with Crippen molar-refractivity contribution in [2.45, 2.75) is 52.1 Å². The maximum absolute atomic E-state index is 3.72. The molecule has 2 nitrogen and oxygen atoms in total. The molecule has 0 radical (unpaired) electrons. The van der Waals surface area contributed by atoms with Gasteiger partial charge in [-0.25, -0.2) is 0 Å². The molecule has 2 heteroatoms. The monoisotopic (exact) mass is 274 g/mol. The first-order valence-corrected chi connectivity index (χ1v) is 8.15. The first-order chi connectivity index (χ1) is 9.63. The largest absolute Gasteiger partial charge is 0.309 e. The number of benzene rings is 1.